The molecule has 0 aliphatic carbocycles. The summed E-state index contributed by atoms with van der Waals surface area (Å²) in [6.45, 7) is 0. The second-order valence-electron chi connectivity index (χ2n) is 0.447. The molecule has 0 aromatic carbocycles. The monoisotopic (exact) mass is 208 g/mol. The van der Waals surface area contributed by atoms with Crippen molar-refractivity contribution in [2.24, 2.45) is 0 Å². The van der Waals surface area contributed by atoms with Crippen molar-refractivity contribution in [1.82, 2.24) is 0 Å². The third kappa shape index (κ3) is 2930. The number of rotatable bonds is 0. The zero-order chi connectivity index (χ0) is 7.15. The van der Waals surface area contributed by atoms with Gasteiger partial charge in [0.15, 0.2) is 0 Å². The quantitative estimate of drug-likeness (QED) is 0.296. The molecule has 0 amide bonds. The fourth-order valence-electron chi connectivity index (χ4n) is 0. The summed E-state index contributed by atoms with van der Waals surface area (Å²) >= 11 is 0. The Morgan fingerprint density at radius 3 is 0.900 bits per heavy atom. The smallest absolute Gasteiger partial charge is 1.00 e. The van der Waals surface area contributed by atoms with Gasteiger partial charge in [0, 0.05) is 0 Å². The Hall–Kier alpha value is -0.340. The Bertz CT molecular complexity index is 81.5. The van der Waals surface area contributed by atoms with Gasteiger partial charge < -0.3 is 33.5 Å². The maximum atomic E-state index is 8.25. The fourth-order valence-corrected chi connectivity index (χ4v) is 0. The van der Waals surface area contributed by atoms with E-state index in [4.69, 9.17) is 30.6 Å². The second-order valence-corrected chi connectivity index (χ2v) is 0.447. The molecular weight excluding hydrogens is 207 g/mol. The molecule has 0 rings (SSSR count). The van der Waals surface area contributed by atoms with Crippen LogP contribution in [0.1, 0.15) is 2.85 Å². The molecule has 0 aromatic heterocycles. The van der Waals surface area contributed by atoms with E-state index in [0.717, 1.165) is 0 Å². The van der Waals surface area contributed by atoms with Crippen molar-refractivity contribution in [2.45, 2.75) is 0 Å². The molecule has 10 heteroatoms. The zero-order valence-electron chi connectivity index (χ0n) is 6.37. The van der Waals surface area contributed by atoms with Gasteiger partial charge in [-0.05, 0) is 0 Å². The van der Waals surface area contributed by atoms with Crippen LogP contribution >= 0.6 is 0 Å². The molecule has 8 nitrogen and oxygen atoms in total. The van der Waals surface area contributed by atoms with Crippen LogP contribution in [0.3, 0.4) is 0 Å². The number of hydrogen-bond donors (Lipinski definition) is 0. The van der Waals surface area contributed by atoms with Crippen molar-refractivity contribution >= 4 is 23.1 Å². The molecule has 0 N–H and O–H groups in total. The van der Waals surface area contributed by atoms with Gasteiger partial charge in [-0.2, -0.15) is 0 Å². The van der Waals surface area contributed by atoms with Crippen molar-refractivity contribution < 1.29 is 29.5 Å². The molecule has 0 radical (unpaired) electrons. The minimum Gasteiger partial charge on any atom is -1.00 e. The molecule has 0 spiro atoms. The molecule has 0 unspecified atom stereocenters. The van der Waals surface area contributed by atoms with Crippen molar-refractivity contribution in [3.8, 4) is 0 Å². The van der Waals surface area contributed by atoms with E-state index in [9.17, 15) is 0 Å². The zero-order valence-corrected chi connectivity index (χ0v) is 6.77. The van der Waals surface area contributed by atoms with E-state index in [-0.39, 0.29) is 42.4 Å². The molecule has 60 valence electrons. The summed E-state index contributed by atoms with van der Waals surface area (Å²) in [4.78, 5) is 16.5. The van der Waals surface area contributed by atoms with E-state index in [2.05, 4.69) is 0 Å². The summed E-state index contributed by atoms with van der Waals surface area (Å²) < 4.78 is 0. The van der Waals surface area contributed by atoms with Crippen LogP contribution in [0.25, 0.3) is 0 Å². The molecule has 0 aromatic rings. The molecule has 0 atom stereocenters. The molecule has 0 saturated carbocycles. The minimum absolute atomic E-state index is 0. The van der Waals surface area contributed by atoms with Gasteiger partial charge >= 0.3 is 39.5 Å². The molecule has 0 fully saturated rings. The standard InChI is InChI=1S/Mg.2NO3.Ni.2H/c;2*2-1(3)4;;;/q+2;2*-1;+2;2*-1. The van der Waals surface area contributed by atoms with E-state index < -0.39 is 10.2 Å². The first-order chi connectivity index (χ1) is 3.46. The van der Waals surface area contributed by atoms with Crippen molar-refractivity contribution in [1.29, 1.82) is 0 Å². The third-order valence-electron chi connectivity index (χ3n) is 0. The maximum absolute atomic E-state index is 8.25. The normalized spacial score (nSPS) is 4.80. The van der Waals surface area contributed by atoms with Crippen molar-refractivity contribution in [3.05, 3.63) is 30.6 Å². The Balaban J connectivity index is -0.0000000112. The average molecular weight is 209 g/mol. The van der Waals surface area contributed by atoms with E-state index in [1.54, 1.807) is 0 Å². The third-order valence-corrected chi connectivity index (χ3v) is 0. The van der Waals surface area contributed by atoms with Crippen LogP contribution in [0.15, 0.2) is 0 Å². The maximum Gasteiger partial charge on any atom is 2.00 e. The SMILES string of the molecule is O=[N+]([O-])[O-].O=[N+]([O-])[O-].[H-].[H-].[Mg+2].[Ni+2]. The summed E-state index contributed by atoms with van der Waals surface area (Å²) in [6.07, 6.45) is 0. The Kier molecular flexibility index (Phi) is 35.9. The average Bonchev–Trinajstić information content (AvgIpc) is 1.25. The van der Waals surface area contributed by atoms with Crippen LogP contribution in [0.4, 0.5) is 0 Å². The van der Waals surface area contributed by atoms with Crippen LogP contribution in [0, 0.1) is 30.6 Å². The summed E-state index contributed by atoms with van der Waals surface area (Å²) in [5.41, 5.74) is 0. The molecule has 10 heavy (non-hydrogen) atoms. The largest absolute Gasteiger partial charge is 2.00 e. The van der Waals surface area contributed by atoms with Gasteiger partial charge in [0.25, 0.3) is 0 Å². The van der Waals surface area contributed by atoms with Gasteiger partial charge in [0.2, 0.25) is 0 Å². The fraction of sp³-hybridized carbons (Fsp3) is 0. The minimum atomic E-state index is -1.75. The molecule has 0 aliphatic rings. The second kappa shape index (κ2) is 15.9. The molecular formula is H2MgN2NiO6. The van der Waals surface area contributed by atoms with Gasteiger partial charge in [0.1, 0.15) is 0 Å². The number of nitrogens with zero attached hydrogens (tertiary/aromatic N) is 2. The van der Waals surface area contributed by atoms with Crippen LogP contribution in [0.2, 0.25) is 0 Å². The first-order valence-corrected chi connectivity index (χ1v) is 1.10. The first-order valence-electron chi connectivity index (χ1n) is 1.10. The van der Waals surface area contributed by atoms with Gasteiger partial charge in [-0.25, -0.2) is 0 Å². The predicted molar refractivity (Wildman–Crippen MR) is 28.7 cm³/mol. The summed E-state index contributed by atoms with van der Waals surface area (Å²) in [6, 6.07) is 0. The van der Waals surface area contributed by atoms with Crippen LogP contribution in [0.5, 0.6) is 0 Å². The van der Waals surface area contributed by atoms with Gasteiger partial charge in [-0.1, -0.05) is 0 Å². The predicted octanol–water partition coefficient (Wildman–Crippen LogP) is -0.637. The van der Waals surface area contributed by atoms with Crippen LogP contribution in [-0.2, 0) is 16.5 Å². The van der Waals surface area contributed by atoms with Gasteiger partial charge in [0.05, 0.1) is 10.2 Å². The van der Waals surface area contributed by atoms with E-state index in [1.807, 2.05) is 0 Å². The molecule has 0 aliphatic heterocycles. The summed E-state index contributed by atoms with van der Waals surface area (Å²) in [5.74, 6) is 0. The van der Waals surface area contributed by atoms with Crippen LogP contribution < -0.4 is 0 Å². The Morgan fingerprint density at radius 1 is 0.900 bits per heavy atom. The van der Waals surface area contributed by atoms with Gasteiger partial charge in [-0.3, -0.25) is 0 Å². The molecule has 0 bridgehead atoms. The van der Waals surface area contributed by atoms with E-state index >= 15 is 0 Å². The van der Waals surface area contributed by atoms with Crippen LogP contribution in [-0.4, -0.2) is 33.2 Å². The topological polar surface area (TPSA) is 132 Å². The summed E-state index contributed by atoms with van der Waals surface area (Å²) in [7, 11) is 0. The van der Waals surface area contributed by atoms with Crippen molar-refractivity contribution in [2.75, 3.05) is 0 Å². The summed E-state index contributed by atoms with van der Waals surface area (Å²) in [5, 5.41) is 29.5. The molecule has 0 heterocycles. The van der Waals surface area contributed by atoms with Gasteiger partial charge in [-0.15, -0.1) is 0 Å². The Morgan fingerprint density at radius 2 is 0.900 bits per heavy atom. The number of hydrogen-bond acceptors (Lipinski definition) is 6. The Labute approximate surface area is 83.5 Å². The van der Waals surface area contributed by atoms with E-state index in [1.165, 1.54) is 0 Å². The van der Waals surface area contributed by atoms with Crippen molar-refractivity contribution in [3.63, 3.8) is 0 Å². The molecule has 0 saturated heterocycles. The first kappa shape index (κ1) is 22.6. The van der Waals surface area contributed by atoms with E-state index in [0.29, 0.717) is 0 Å².